The molecule has 0 amide bonds. The van der Waals surface area contributed by atoms with Crippen molar-refractivity contribution in [2.24, 2.45) is 0 Å². The normalized spacial score (nSPS) is 9.27. The Balaban J connectivity index is 0.000000921. The van der Waals surface area contributed by atoms with Gasteiger partial charge in [0.25, 0.3) is 0 Å². The molecule has 0 unspecified atom stereocenters. The lowest BCUT2D eigenvalue weighted by Gasteiger charge is -2.10. The van der Waals surface area contributed by atoms with E-state index in [2.05, 4.69) is 18.8 Å². The van der Waals surface area contributed by atoms with Gasteiger partial charge < -0.3 is 9.47 Å². The lowest BCUT2D eigenvalue weighted by atomic mass is 10.1. The summed E-state index contributed by atoms with van der Waals surface area (Å²) < 4.78 is 10.2. The van der Waals surface area contributed by atoms with Crippen LogP contribution in [0.4, 0.5) is 0 Å². The molecule has 3 heteroatoms. The van der Waals surface area contributed by atoms with Gasteiger partial charge in [-0.3, -0.25) is 0 Å². The number of hydrogen-bond acceptors (Lipinski definition) is 3. The van der Waals surface area contributed by atoms with Crippen molar-refractivity contribution in [3.05, 3.63) is 17.7 Å². The summed E-state index contributed by atoms with van der Waals surface area (Å²) in [6.45, 7) is 8.21. The highest BCUT2D eigenvalue weighted by atomic mass is 16.5. The average Bonchev–Trinajstić information content (AvgIpc) is 2.30. The summed E-state index contributed by atoms with van der Waals surface area (Å²) in [6.07, 6.45) is 0. The third kappa shape index (κ3) is 3.78. The van der Waals surface area contributed by atoms with Crippen LogP contribution in [0.15, 0.2) is 12.1 Å². The van der Waals surface area contributed by atoms with Crippen LogP contribution in [0.1, 0.15) is 39.2 Å². The van der Waals surface area contributed by atoms with E-state index in [0.717, 1.165) is 5.56 Å². The molecule has 0 aliphatic carbocycles. The van der Waals surface area contributed by atoms with Gasteiger partial charge in [-0.25, -0.2) is 0 Å². The molecule has 0 N–H and O–H groups in total. The molecule has 15 heavy (non-hydrogen) atoms. The van der Waals surface area contributed by atoms with Gasteiger partial charge in [0.15, 0.2) is 0 Å². The van der Waals surface area contributed by atoms with E-state index in [1.165, 1.54) is 0 Å². The van der Waals surface area contributed by atoms with Gasteiger partial charge in [0, 0.05) is 11.6 Å². The zero-order valence-corrected chi connectivity index (χ0v) is 10.5. The largest absolute Gasteiger partial charge is 0.481 e. The number of rotatable bonds is 3. The van der Waals surface area contributed by atoms with Crippen LogP contribution in [0.2, 0.25) is 0 Å². The quantitative estimate of drug-likeness (QED) is 0.769. The first-order valence-electron chi connectivity index (χ1n) is 5.28. The fourth-order valence-corrected chi connectivity index (χ4v) is 1.15. The first kappa shape index (κ1) is 13.8. The van der Waals surface area contributed by atoms with Crippen molar-refractivity contribution >= 4 is 0 Å². The molecule has 0 aliphatic heterocycles. The number of pyridine rings is 1. The molecular formula is C12H21NO2. The second kappa shape index (κ2) is 7.10. The molecule has 1 aromatic rings. The summed E-state index contributed by atoms with van der Waals surface area (Å²) in [7, 11) is 3.21. The minimum atomic E-state index is 0.411. The summed E-state index contributed by atoms with van der Waals surface area (Å²) in [6, 6.07) is 3.83. The number of hydrogen-bond donors (Lipinski definition) is 0. The van der Waals surface area contributed by atoms with Crippen LogP contribution in [0.25, 0.3) is 0 Å². The second-order valence-electron chi connectivity index (χ2n) is 3.11. The van der Waals surface area contributed by atoms with Gasteiger partial charge in [-0.1, -0.05) is 27.7 Å². The topological polar surface area (TPSA) is 31.4 Å². The molecule has 0 aromatic carbocycles. The van der Waals surface area contributed by atoms with Crippen molar-refractivity contribution in [2.75, 3.05) is 14.2 Å². The first-order valence-corrected chi connectivity index (χ1v) is 5.28. The van der Waals surface area contributed by atoms with Gasteiger partial charge in [-0.2, -0.15) is 4.98 Å². The van der Waals surface area contributed by atoms with Crippen molar-refractivity contribution in [3.63, 3.8) is 0 Å². The second-order valence-corrected chi connectivity index (χ2v) is 3.11. The van der Waals surface area contributed by atoms with Crippen molar-refractivity contribution in [1.29, 1.82) is 0 Å². The van der Waals surface area contributed by atoms with Crippen molar-refractivity contribution in [3.8, 4) is 11.8 Å². The zero-order valence-electron chi connectivity index (χ0n) is 10.5. The minimum absolute atomic E-state index is 0.411. The number of nitrogens with zero attached hydrogens (tertiary/aromatic N) is 1. The molecule has 1 rings (SSSR count). The molecule has 0 bridgehead atoms. The van der Waals surface area contributed by atoms with Gasteiger partial charge in [0.2, 0.25) is 11.8 Å². The van der Waals surface area contributed by atoms with Crippen LogP contribution in [0, 0.1) is 0 Å². The highest BCUT2D eigenvalue weighted by Gasteiger charge is 2.09. The van der Waals surface area contributed by atoms with Gasteiger partial charge in [-0.05, 0) is 12.0 Å². The van der Waals surface area contributed by atoms with E-state index in [1.54, 1.807) is 14.2 Å². The SMILES string of the molecule is CC.COc1ccc(C(C)C)c(OC)n1. The van der Waals surface area contributed by atoms with Gasteiger partial charge in [0.1, 0.15) is 0 Å². The maximum Gasteiger partial charge on any atom is 0.219 e. The monoisotopic (exact) mass is 211 g/mol. The molecule has 0 radical (unpaired) electrons. The minimum Gasteiger partial charge on any atom is -0.481 e. The van der Waals surface area contributed by atoms with E-state index in [9.17, 15) is 0 Å². The van der Waals surface area contributed by atoms with Gasteiger partial charge in [0.05, 0.1) is 14.2 Å². The molecule has 0 saturated carbocycles. The Hall–Kier alpha value is -1.25. The summed E-state index contributed by atoms with van der Waals surface area (Å²) in [4.78, 5) is 4.19. The Kier molecular flexibility index (Phi) is 6.50. The van der Waals surface area contributed by atoms with Crippen molar-refractivity contribution in [2.45, 2.75) is 33.6 Å². The molecule has 3 nitrogen and oxygen atoms in total. The summed E-state index contributed by atoms with van der Waals surface area (Å²) >= 11 is 0. The zero-order chi connectivity index (χ0) is 11.8. The van der Waals surface area contributed by atoms with E-state index in [1.807, 2.05) is 26.0 Å². The molecular weight excluding hydrogens is 190 g/mol. The molecule has 1 aromatic heterocycles. The maximum atomic E-state index is 5.16. The van der Waals surface area contributed by atoms with E-state index >= 15 is 0 Å². The van der Waals surface area contributed by atoms with Gasteiger partial charge in [-0.15, -0.1) is 0 Å². The predicted octanol–water partition coefficient (Wildman–Crippen LogP) is 3.25. The molecule has 0 fully saturated rings. The number of ether oxygens (including phenoxy) is 2. The average molecular weight is 211 g/mol. The van der Waals surface area contributed by atoms with Crippen molar-refractivity contribution < 1.29 is 9.47 Å². The Morgan fingerprint density at radius 2 is 1.67 bits per heavy atom. The van der Waals surface area contributed by atoms with E-state index in [0.29, 0.717) is 17.7 Å². The Morgan fingerprint density at radius 3 is 2.07 bits per heavy atom. The molecule has 0 spiro atoms. The number of aromatic nitrogens is 1. The molecule has 1 heterocycles. The van der Waals surface area contributed by atoms with E-state index < -0.39 is 0 Å². The highest BCUT2D eigenvalue weighted by molar-refractivity contribution is 5.32. The van der Waals surface area contributed by atoms with Crippen molar-refractivity contribution in [1.82, 2.24) is 4.98 Å². The predicted molar refractivity (Wildman–Crippen MR) is 62.8 cm³/mol. The van der Waals surface area contributed by atoms with Crippen LogP contribution in [0.3, 0.4) is 0 Å². The smallest absolute Gasteiger partial charge is 0.219 e. The lowest BCUT2D eigenvalue weighted by Crippen LogP contribution is -1.98. The standard InChI is InChI=1S/C10H15NO2.C2H6/c1-7(2)8-5-6-9(12-3)11-10(8)13-4;1-2/h5-7H,1-4H3;1-2H3. The molecule has 86 valence electrons. The number of methoxy groups -OCH3 is 2. The molecule has 0 atom stereocenters. The fraction of sp³-hybridized carbons (Fsp3) is 0.583. The summed E-state index contributed by atoms with van der Waals surface area (Å²) in [5.74, 6) is 1.64. The van der Waals surface area contributed by atoms with Crippen LogP contribution in [-0.4, -0.2) is 19.2 Å². The fourth-order valence-electron chi connectivity index (χ4n) is 1.15. The third-order valence-electron chi connectivity index (χ3n) is 1.89. The van der Waals surface area contributed by atoms with Crippen LogP contribution in [0.5, 0.6) is 11.8 Å². The van der Waals surface area contributed by atoms with E-state index in [-0.39, 0.29) is 0 Å². The summed E-state index contributed by atoms with van der Waals surface area (Å²) in [5.41, 5.74) is 1.10. The Labute approximate surface area is 92.4 Å². The van der Waals surface area contributed by atoms with Gasteiger partial charge >= 0.3 is 0 Å². The van der Waals surface area contributed by atoms with Crippen LogP contribution in [-0.2, 0) is 0 Å². The lowest BCUT2D eigenvalue weighted by molar-refractivity contribution is 0.360. The Morgan fingerprint density at radius 1 is 1.07 bits per heavy atom. The molecule has 0 aliphatic rings. The molecule has 0 saturated heterocycles. The third-order valence-corrected chi connectivity index (χ3v) is 1.89. The first-order chi connectivity index (χ1) is 7.19. The maximum absolute atomic E-state index is 5.16. The Bertz CT molecular complexity index is 285. The van der Waals surface area contributed by atoms with Crippen LogP contribution >= 0.6 is 0 Å². The summed E-state index contributed by atoms with van der Waals surface area (Å²) in [5, 5.41) is 0. The van der Waals surface area contributed by atoms with E-state index in [4.69, 9.17) is 9.47 Å². The van der Waals surface area contributed by atoms with Crippen LogP contribution < -0.4 is 9.47 Å². The highest BCUT2D eigenvalue weighted by Crippen LogP contribution is 2.26.